The van der Waals surface area contributed by atoms with Gasteiger partial charge in [0.25, 0.3) is 0 Å². The maximum absolute atomic E-state index is 11.4. The van der Waals surface area contributed by atoms with Crippen LogP contribution in [0.25, 0.3) is 0 Å². The molecule has 6 heteroatoms. The number of alkyl halides is 1. The fourth-order valence-corrected chi connectivity index (χ4v) is 0.939. The molecule has 0 unspecified atom stereocenters. The monoisotopic (exact) mass is 261 g/mol. The predicted molar refractivity (Wildman–Crippen MR) is 54.0 cm³/mol. The Hall–Kier alpha value is -0.910. The molecule has 0 aliphatic carbocycles. The van der Waals surface area contributed by atoms with Crippen LogP contribution in [0, 0.1) is 0 Å². The van der Waals surface area contributed by atoms with E-state index in [1.165, 1.54) is 6.33 Å². The number of carbonyl (C=O) groups is 1. The van der Waals surface area contributed by atoms with Crippen LogP contribution in [0.5, 0.6) is 0 Å². The van der Waals surface area contributed by atoms with E-state index in [9.17, 15) is 4.79 Å². The third-order valence-electron chi connectivity index (χ3n) is 1.57. The van der Waals surface area contributed by atoms with Gasteiger partial charge in [0.1, 0.15) is 0 Å². The first-order valence-electron chi connectivity index (χ1n) is 4.23. The number of amides is 1. The van der Waals surface area contributed by atoms with Crippen LogP contribution in [-0.4, -0.2) is 26.9 Å². The fourth-order valence-electron chi connectivity index (χ4n) is 0.799. The van der Waals surface area contributed by atoms with Crippen molar-refractivity contribution in [2.75, 3.05) is 6.54 Å². The molecule has 0 saturated carbocycles. The highest BCUT2D eigenvalue weighted by atomic mass is 79.9. The van der Waals surface area contributed by atoms with Gasteiger partial charge in [-0.2, -0.15) is 4.98 Å². The molecular formula is C8H12BrN3O2. The van der Waals surface area contributed by atoms with Crippen LogP contribution in [0.1, 0.15) is 19.7 Å². The highest BCUT2D eigenvalue weighted by Gasteiger charge is 2.22. The molecule has 0 aliphatic heterocycles. The number of halogens is 1. The van der Waals surface area contributed by atoms with Crippen LogP contribution < -0.4 is 5.32 Å². The van der Waals surface area contributed by atoms with Crippen LogP contribution >= 0.6 is 15.9 Å². The van der Waals surface area contributed by atoms with Crippen LogP contribution in [0.4, 0.5) is 0 Å². The first kappa shape index (κ1) is 11.2. The number of aromatic nitrogens is 2. The molecule has 0 saturated heterocycles. The molecule has 1 N–H and O–H groups in total. The summed E-state index contributed by atoms with van der Waals surface area (Å²) >= 11 is 3.26. The van der Waals surface area contributed by atoms with Crippen molar-refractivity contribution >= 4 is 21.8 Å². The molecule has 5 nitrogen and oxygen atoms in total. The van der Waals surface area contributed by atoms with Crippen LogP contribution in [-0.2, 0) is 11.2 Å². The number of nitrogens with one attached hydrogen (secondary N) is 1. The molecule has 0 fully saturated rings. The molecule has 14 heavy (non-hydrogen) atoms. The van der Waals surface area contributed by atoms with Crippen molar-refractivity contribution in [2.24, 2.45) is 0 Å². The lowest BCUT2D eigenvalue weighted by Gasteiger charge is -2.14. The number of rotatable bonds is 4. The summed E-state index contributed by atoms with van der Waals surface area (Å²) < 4.78 is 4.24. The predicted octanol–water partition coefficient (Wildman–Crippen LogP) is 0.902. The van der Waals surface area contributed by atoms with Gasteiger partial charge in [0.15, 0.2) is 6.33 Å². The van der Waals surface area contributed by atoms with Gasteiger partial charge in [0.05, 0.1) is 4.32 Å². The lowest BCUT2D eigenvalue weighted by molar-refractivity contribution is -0.122. The lowest BCUT2D eigenvalue weighted by atomic mass is 10.2. The van der Waals surface area contributed by atoms with Crippen molar-refractivity contribution in [2.45, 2.75) is 24.6 Å². The molecule has 78 valence electrons. The van der Waals surface area contributed by atoms with Crippen LogP contribution in [0.3, 0.4) is 0 Å². The fraction of sp³-hybridized carbons (Fsp3) is 0.625. The van der Waals surface area contributed by atoms with Crippen molar-refractivity contribution in [1.29, 1.82) is 0 Å². The van der Waals surface area contributed by atoms with E-state index >= 15 is 0 Å². The van der Waals surface area contributed by atoms with E-state index in [1.54, 1.807) is 13.8 Å². The second-order valence-electron chi connectivity index (χ2n) is 3.31. The summed E-state index contributed by atoms with van der Waals surface area (Å²) in [4.78, 5) is 15.2. The molecule has 0 aliphatic rings. The standard InChI is InChI=1S/C8H12BrN3O2/c1-8(2,9)7(13)10-4-3-6-11-5-12-14-6/h5H,3-4H2,1-2H3,(H,10,13). The average Bonchev–Trinajstić information content (AvgIpc) is 2.55. The van der Waals surface area contributed by atoms with Crippen molar-refractivity contribution in [3.05, 3.63) is 12.2 Å². The smallest absolute Gasteiger partial charge is 0.236 e. The summed E-state index contributed by atoms with van der Waals surface area (Å²) in [5.74, 6) is 0.467. The summed E-state index contributed by atoms with van der Waals surface area (Å²) in [5.41, 5.74) is 0. The summed E-state index contributed by atoms with van der Waals surface area (Å²) in [7, 11) is 0. The van der Waals surface area contributed by atoms with E-state index in [-0.39, 0.29) is 5.91 Å². The quantitative estimate of drug-likeness (QED) is 0.818. The Labute approximate surface area is 90.4 Å². The Morgan fingerprint density at radius 3 is 2.93 bits per heavy atom. The third kappa shape index (κ3) is 3.45. The van der Waals surface area contributed by atoms with Gasteiger partial charge < -0.3 is 9.84 Å². The van der Waals surface area contributed by atoms with Crippen molar-refractivity contribution in [1.82, 2.24) is 15.5 Å². The normalized spacial score (nSPS) is 11.4. The molecule has 0 aromatic carbocycles. The second kappa shape index (κ2) is 4.54. The molecule has 0 bridgehead atoms. The highest BCUT2D eigenvalue weighted by Crippen LogP contribution is 2.14. The number of carbonyl (C=O) groups excluding carboxylic acids is 1. The molecule has 1 rings (SSSR count). The van der Waals surface area contributed by atoms with Crippen molar-refractivity contribution in [3.63, 3.8) is 0 Å². The van der Waals surface area contributed by atoms with Crippen molar-refractivity contribution < 1.29 is 9.32 Å². The number of hydrogen-bond donors (Lipinski definition) is 1. The Bertz CT molecular complexity index is 292. The number of nitrogens with zero attached hydrogens (tertiary/aromatic N) is 2. The van der Waals surface area contributed by atoms with Gasteiger partial charge >= 0.3 is 0 Å². The van der Waals surface area contributed by atoms with E-state index in [1.807, 2.05) is 0 Å². The van der Waals surface area contributed by atoms with Gasteiger partial charge in [-0.05, 0) is 13.8 Å². The minimum absolute atomic E-state index is 0.0583. The zero-order chi connectivity index (χ0) is 10.6. The highest BCUT2D eigenvalue weighted by molar-refractivity contribution is 9.10. The minimum atomic E-state index is -0.540. The maximum Gasteiger partial charge on any atom is 0.236 e. The maximum atomic E-state index is 11.4. The molecule has 1 amide bonds. The summed E-state index contributed by atoms with van der Waals surface area (Å²) in [6, 6.07) is 0. The molecule has 1 heterocycles. The van der Waals surface area contributed by atoms with Gasteiger partial charge in [-0.15, -0.1) is 0 Å². The summed E-state index contributed by atoms with van der Waals surface area (Å²) in [5, 5.41) is 6.21. The molecule has 0 atom stereocenters. The lowest BCUT2D eigenvalue weighted by Crippen LogP contribution is -2.38. The molecular weight excluding hydrogens is 250 g/mol. The first-order valence-corrected chi connectivity index (χ1v) is 5.02. The van der Waals surface area contributed by atoms with E-state index in [2.05, 4.69) is 31.4 Å². The average molecular weight is 262 g/mol. The minimum Gasteiger partial charge on any atom is -0.354 e. The Morgan fingerprint density at radius 1 is 1.71 bits per heavy atom. The van der Waals surface area contributed by atoms with E-state index in [4.69, 9.17) is 4.52 Å². The van der Waals surface area contributed by atoms with Gasteiger partial charge in [-0.25, -0.2) is 0 Å². The molecule has 1 aromatic rings. The van der Waals surface area contributed by atoms with E-state index in [0.29, 0.717) is 18.9 Å². The zero-order valence-corrected chi connectivity index (χ0v) is 9.67. The Balaban J connectivity index is 2.26. The second-order valence-corrected chi connectivity index (χ2v) is 5.30. The van der Waals surface area contributed by atoms with Crippen LogP contribution in [0.2, 0.25) is 0 Å². The van der Waals surface area contributed by atoms with Gasteiger partial charge in [0.2, 0.25) is 11.8 Å². The van der Waals surface area contributed by atoms with E-state index < -0.39 is 4.32 Å². The van der Waals surface area contributed by atoms with Gasteiger partial charge in [-0.1, -0.05) is 21.1 Å². The topological polar surface area (TPSA) is 68.0 Å². The Kier molecular flexibility index (Phi) is 3.62. The van der Waals surface area contributed by atoms with Gasteiger partial charge in [0, 0.05) is 13.0 Å². The summed E-state index contributed by atoms with van der Waals surface area (Å²) in [6.45, 7) is 4.07. The largest absolute Gasteiger partial charge is 0.354 e. The SMILES string of the molecule is CC(C)(Br)C(=O)NCCc1ncno1. The van der Waals surface area contributed by atoms with Gasteiger partial charge in [-0.3, -0.25) is 4.79 Å². The van der Waals surface area contributed by atoms with Crippen molar-refractivity contribution in [3.8, 4) is 0 Å². The summed E-state index contributed by atoms with van der Waals surface area (Å²) in [6.07, 6.45) is 1.89. The third-order valence-corrected chi connectivity index (χ3v) is 1.93. The molecule has 0 spiro atoms. The first-order chi connectivity index (χ1) is 6.50. The van der Waals surface area contributed by atoms with Crippen LogP contribution in [0.15, 0.2) is 10.9 Å². The Morgan fingerprint density at radius 2 is 2.43 bits per heavy atom. The number of hydrogen-bond acceptors (Lipinski definition) is 4. The zero-order valence-electron chi connectivity index (χ0n) is 8.08. The molecule has 0 radical (unpaired) electrons. The molecule has 1 aromatic heterocycles. The van der Waals surface area contributed by atoms with E-state index in [0.717, 1.165) is 0 Å².